The molecule has 0 fully saturated rings. The molecule has 0 aliphatic heterocycles. The Hall–Kier alpha value is -2.01. The van der Waals surface area contributed by atoms with E-state index in [1.54, 1.807) is 0 Å². The minimum Gasteiger partial charge on any atom is -0.369 e. The van der Waals surface area contributed by atoms with Crippen LogP contribution in [0.2, 0.25) is 5.02 Å². The van der Waals surface area contributed by atoms with Gasteiger partial charge in [0.1, 0.15) is 5.52 Å². The number of nitrogen functional groups attached to an aromatic ring is 1. The second-order valence-electron chi connectivity index (χ2n) is 4.38. The molecule has 0 aliphatic carbocycles. The molecule has 98 valence electrons. The van der Waals surface area contributed by atoms with Crippen LogP contribution in [0.25, 0.3) is 16.9 Å². The minimum absolute atomic E-state index is 0.458. The molecule has 3 aromatic rings. The summed E-state index contributed by atoms with van der Waals surface area (Å²) < 4.78 is 3.70. The van der Waals surface area contributed by atoms with Gasteiger partial charge in [0.05, 0.1) is 11.4 Å². The zero-order valence-corrected chi connectivity index (χ0v) is 11.5. The molecule has 2 aromatic heterocycles. The van der Waals surface area contributed by atoms with Crippen molar-refractivity contribution in [3.05, 3.63) is 35.0 Å². The number of hydrogen-bond acceptors (Lipinski definition) is 3. The van der Waals surface area contributed by atoms with Crippen molar-refractivity contribution in [1.82, 2.24) is 19.3 Å². The highest BCUT2D eigenvalue weighted by molar-refractivity contribution is 6.30. The molecular weight excluding hydrogens is 262 g/mol. The third kappa shape index (κ3) is 1.77. The van der Waals surface area contributed by atoms with E-state index < -0.39 is 0 Å². The third-order valence-corrected chi connectivity index (χ3v) is 3.40. The Balaban J connectivity index is 2.31. The molecule has 0 spiro atoms. The standard InChI is InChI=1S/C13H14ClN5/c1-3-10-11-12(18(2)17-10)19(13(15)16-11)9-6-4-8(14)5-7-9/h4-7H,3H2,1-2H3,(H2,15,16). The van der Waals surface area contributed by atoms with Gasteiger partial charge in [0.25, 0.3) is 0 Å². The molecule has 0 atom stereocenters. The number of benzene rings is 1. The van der Waals surface area contributed by atoms with Crippen molar-refractivity contribution in [3.8, 4) is 5.69 Å². The van der Waals surface area contributed by atoms with Crippen molar-refractivity contribution in [2.24, 2.45) is 7.05 Å². The van der Waals surface area contributed by atoms with Gasteiger partial charge in [0.15, 0.2) is 5.65 Å². The average molecular weight is 276 g/mol. The first-order valence-electron chi connectivity index (χ1n) is 6.07. The monoisotopic (exact) mass is 275 g/mol. The number of nitrogens with zero attached hydrogens (tertiary/aromatic N) is 4. The predicted molar refractivity (Wildman–Crippen MR) is 76.6 cm³/mol. The highest BCUT2D eigenvalue weighted by atomic mass is 35.5. The molecule has 0 amide bonds. The number of hydrogen-bond donors (Lipinski definition) is 1. The van der Waals surface area contributed by atoms with Crippen molar-refractivity contribution in [2.45, 2.75) is 13.3 Å². The van der Waals surface area contributed by atoms with Gasteiger partial charge in [-0.15, -0.1) is 0 Å². The third-order valence-electron chi connectivity index (χ3n) is 3.15. The second kappa shape index (κ2) is 4.28. The summed E-state index contributed by atoms with van der Waals surface area (Å²) >= 11 is 5.92. The van der Waals surface area contributed by atoms with Crippen LogP contribution in [0.15, 0.2) is 24.3 Å². The number of imidazole rings is 1. The van der Waals surface area contributed by atoms with Gasteiger partial charge in [-0.2, -0.15) is 5.10 Å². The van der Waals surface area contributed by atoms with E-state index >= 15 is 0 Å². The Morgan fingerprint density at radius 3 is 2.58 bits per heavy atom. The lowest BCUT2D eigenvalue weighted by Crippen LogP contribution is -2.04. The van der Waals surface area contributed by atoms with Gasteiger partial charge in [0, 0.05) is 12.1 Å². The van der Waals surface area contributed by atoms with E-state index in [0.717, 1.165) is 29.0 Å². The number of aromatic nitrogens is 4. The molecule has 1 aromatic carbocycles. The van der Waals surface area contributed by atoms with E-state index in [4.69, 9.17) is 17.3 Å². The maximum atomic E-state index is 6.04. The highest BCUT2D eigenvalue weighted by Crippen LogP contribution is 2.25. The fourth-order valence-corrected chi connectivity index (χ4v) is 2.41. The summed E-state index contributed by atoms with van der Waals surface area (Å²) in [5, 5.41) is 5.16. The van der Waals surface area contributed by atoms with Crippen molar-refractivity contribution in [3.63, 3.8) is 0 Å². The van der Waals surface area contributed by atoms with Crippen molar-refractivity contribution in [1.29, 1.82) is 0 Å². The van der Waals surface area contributed by atoms with Gasteiger partial charge >= 0.3 is 0 Å². The highest BCUT2D eigenvalue weighted by Gasteiger charge is 2.17. The van der Waals surface area contributed by atoms with E-state index in [-0.39, 0.29) is 0 Å². The van der Waals surface area contributed by atoms with Gasteiger partial charge in [-0.05, 0) is 30.7 Å². The molecule has 6 heteroatoms. The molecule has 2 heterocycles. The lowest BCUT2D eigenvalue weighted by atomic mass is 10.3. The molecule has 0 aliphatic rings. The summed E-state index contributed by atoms with van der Waals surface area (Å²) in [5.74, 6) is 0.458. The lowest BCUT2D eigenvalue weighted by molar-refractivity contribution is 0.751. The molecule has 5 nitrogen and oxygen atoms in total. The van der Waals surface area contributed by atoms with Gasteiger partial charge in [0.2, 0.25) is 5.95 Å². The zero-order chi connectivity index (χ0) is 13.6. The smallest absolute Gasteiger partial charge is 0.207 e. The molecule has 0 bridgehead atoms. The Kier molecular flexibility index (Phi) is 2.71. The molecule has 0 unspecified atom stereocenters. The van der Waals surface area contributed by atoms with E-state index in [9.17, 15) is 0 Å². The minimum atomic E-state index is 0.458. The fraction of sp³-hybridized carbons (Fsp3) is 0.231. The number of fused-ring (bicyclic) bond motifs is 1. The van der Waals surface area contributed by atoms with Crippen LogP contribution in [0.1, 0.15) is 12.6 Å². The number of anilines is 1. The number of halogens is 1. The number of nitrogens with two attached hydrogens (primary N) is 1. The van der Waals surface area contributed by atoms with Crippen LogP contribution in [-0.2, 0) is 13.5 Å². The topological polar surface area (TPSA) is 61.7 Å². The number of aryl methyl sites for hydroxylation is 2. The number of rotatable bonds is 2. The molecular formula is C13H14ClN5. The van der Waals surface area contributed by atoms with Crippen LogP contribution in [0.4, 0.5) is 5.95 Å². The molecule has 19 heavy (non-hydrogen) atoms. The van der Waals surface area contributed by atoms with Crippen LogP contribution < -0.4 is 5.73 Å². The maximum Gasteiger partial charge on any atom is 0.207 e. The van der Waals surface area contributed by atoms with E-state index in [1.807, 2.05) is 40.6 Å². The average Bonchev–Trinajstić information content (AvgIpc) is 2.88. The maximum absolute atomic E-state index is 6.04. The van der Waals surface area contributed by atoms with Crippen LogP contribution >= 0.6 is 11.6 Å². The largest absolute Gasteiger partial charge is 0.369 e. The molecule has 0 radical (unpaired) electrons. The summed E-state index contributed by atoms with van der Waals surface area (Å²) in [4.78, 5) is 4.43. The van der Waals surface area contributed by atoms with Crippen molar-refractivity contribution < 1.29 is 0 Å². The first-order valence-corrected chi connectivity index (χ1v) is 6.45. The Morgan fingerprint density at radius 2 is 1.95 bits per heavy atom. The van der Waals surface area contributed by atoms with Gasteiger partial charge in [-0.1, -0.05) is 18.5 Å². The van der Waals surface area contributed by atoms with E-state index in [2.05, 4.69) is 17.0 Å². The van der Waals surface area contributed by atoms with Crippen molar-refractivity contribution in [2.75, 3.05) is 5.73 Å². The lowest BCUT2D eigenvalue weighted by Gasteiger charge is -2.06. The summed E-state index contributed by atoms with van der Waals surface area (Å²) in [7, 11) is 1.90. The summed E-state index contributed by atoms with van der Waals surface area (Å²) in [6.45, 7) is 2.05. The van der Waals surface area contributed by atoms with Gasteiger partial charge in [-0.25, -0.2) is 9.67 Å². The van der Waals surface area contributed by atoms with Crippen LogP contribution in [0.3, 0.4) is 0 Å². The Labute approximate surface area is 115 Å². The first-order chi connectivity index (χ1) is 9.11. The molecule has 0 saturated heterocycles. The first kappa shape index (κ1) is 12.0. The van der Waals surface area contributed by atoms with Gasteiger partial charge < -0.3 is 5.73 Å². The summed E-state index contributed by atoms with van der Waals surface area (Å²) in [5.41, 5.74) is 9.68. The van der Waals surface area contributed by atoms with Crippen LogP contribution in [0.5, 0.6) is 0 Å². The summed E-state index contributed by atoms with van der Waals surface area (Å²) in [6, 6.07) is 7.50. The van der Waals surface area contributed by atoms with Crippen LogP contribution in [0, 0.1) is 0 Å². The van der Waals surface area contributed by atoms with E-state index in [1.165, 1.54) is 0 Å². The Morgan fingerprint density at radius 1 is 1.26 bits per heavy atom. The quantitative estimate of drug-likeness (QED) is 0.782. The second-order valence-corrected chi connectivity index (χ2v) is 4.81. The normalized spacial score (nSPS) is 11.3. The summed E-state index contributed by atoms with van der Waals surface area (Å²) in [6.07, 6.45) is 0.828. The zero-order valence-electron chi connectivity index (χ0n) is 10.8. The molecule has 0 saturated carbocycles. The molecule has 3 rings (SSSR count). The Bertz CT molecular complexity index is 739. The predicted octanol–water partition coefficient (Wildman–Crippen LogP) is 2.56. The van der Waals surface area contributed by atoms with Crippen LogP contribution in [-0.4, -0.2) is 19.3 Å². The fourth-order valence-electron chi connectivity index (χ4n) is 2.28. The SMILES string of the molecule is CCc1nn(C)c2c1nc(N)n2-c1ccc(Cl)cc1. The van der Waals surface area contributed by atoms with E-state index in [0.29, 0.717) is 11.0 Å². The van der Waals surface area contributed by atoms with Crippen molar-refractivity contribution >= 4 is 28.7 Å². The molecule has 2 N–H and O–H groups in total. The van der Waals surface area contributed by atoms with Gasteiger partial charge in [-0.3, -0.25) is 4.57 Å².